The van der Waals surface area contributed by atoms with Gasteiger partial charge in [-0.05, 0) is 86.3 Å². The number of anilines is 1. The number of aromatic nitrogens is 1. The molecule has 10 heteroatoms. The number of hydrogen-bond acceptors (Lipinski definition) is 5. The summed E-state index contributed by atoms with van der Waals surface area (Å²) in [5, 5.41) is 14.7. The van der Waals surface area contributed by atoms with E-state index in [1.807, 2.05) is 66.4 Å². The third-order valence-corrected chi connectivity index (χ3v) is 9.35. The van der Waals surface area contributed by atoms with Gasteiger partial charge in [0.2, 0.25) is 0 Å². The molecule has 5 rings (SSSR count). The molecule has 0 fully saturated rings. The second-order valence-electron chi connectivity index (χ2n) is 10.5. The van der Waals surface area contributed by atoms with Gasteiger partial charge in [0.05, 0.1) is 21.9 Å². The Kier molecular flexibility index (Phi) is 9.41. The molecule has 0 saturated heterocycles. The number of halogens is 1. The number of hydrogen-bond donors (Lipinski definition) is 2. The third kappa shape index (κ3) is 6.89. The fraction of sp³-hybridized carbons (Fsp3) is 0.242. The Morgan fingerprint density at radius 1 is 1.09 bits per heavy atom. The van der Waals surface area contributed by atoms with Crippen LogP contribution >= 0.6 is 11.6 Å². The summed E-state index contributed by atoms with van der Waals surface area (Å²) in [6.45, 7) is 0. The van der Waals surface area contributed by atoms with Crippen LogP contribution in [0.25, 0.3) is 16.7 Å². The van der Waals surface area contributed by atoms with E-state index in [0.717, 1.165) is 57.6 Å². The van der Waals surface area contributed by atoms with Crippen molar-refractivity contribution in [3.05, 3.63) is 116 Å². The van der Waals surface area contributed by atoms with Crippen molar-refractivity contribution >= 4 is 40.1 Å². The number of nitrogens with one attached hydrogen (secondary N) is 2. The summed E-state index contributed by atoms with van der Waals surface area (Å²) in [5.41, 5.74) is 6.81. The molecule has 2 N–H and O–H groups in total. The minimum Gasteiger partial charge on any atom is -0.347 e. The van der Waals surface area contributed by atoms with Gasteiger partial charge in [0, 0.05) is 52.3 Å². The van der Waals surface area contributed by atoms with E-state index in [1.165, 1.54) is 6.08 Å². The number of allylic oxidation sites excluding steroid dienone is 4. The average Bonchev–Trinajstić information content (AvgIpc) is 3.36. The lowest BCUT2D eigenvalue weighted by Crippen LogP contribution is -2.37. The number of rotatable bonds is 8. The highest BCUT2D eigenvalue weighted by molar-refractivity contribution is 7.87. The van der Waals surface area contributed by atoms with Crippen LogP contribution in [0.3, 0.4) is 0 Å². The van der Waals surface area contributed by atoms with E-state index in [4.69, 9.17) is 11.6 Å². The van der Waals surface area contributed by atoms with Gasteiger partial charge in [0.25, 0.3) is 5.70 Å². The fourth-order valence-corrected chi connectivity index (χ4v) is 6.69. The van der Waals surface area contributed by atoms with Crippen LogP contribution in [0.5, 0.6) is 0 Å². The van der Waals surface area contributed by atoms with Crippen LogP contribution in [0.2, 0.25) is 0 Å². The Morgan fingerprint density at radius 3 is 2.53 bits per heavy atom. The highest BCUT2D eigenvalue weighted by Crippen LogP contribution is 2.37. The zero-order chi connectivity index (χ0) is 30.5. The highest BCUT2D eigenvalue weighted by atomic mass is 35.5. The van der Waals surface area contributed by atoms with Crippen LogP contribution in [0.15, 0.2) is 83.7 Å². The Bertz CT molecular complexity index is 1740. The van der Waals surface area contributed by atoms with Crippen molar-refractivity contribution in [1.82, 2.24) is 9.88 Å². The molecule has 2 aliphatic carbocycles. The van der Waals surface area contributed by atoms with Crippen molar-refractivity contribution in [2.75, 3.05) is 11.8 Å². The maximum absolute atomic E-state index is 12.9. The second-order valence-corrected chi connectivity index (χ2v) is 12.3. The minimum atomic E-state index is -1.51. The molecule has 0 radical (unpaired) electrons. The molecule has 3 aromatic rings. The van der Waals surface area contributed by atoms with E-state index in [2.05, 4.69) is 21.9 Å². The molecule has 0 spiro atoms. The minimum absolute atomic E-state index is 0.0580. The smallest absolute Gasteiger partial charge is 0.260 e. The van der Waals surface area contributed by atoms with Gasteiger partial charge in [-0.1, -0.05) is 41.7 Å². The summed E-state index contributed by atoms with van der Waals surface area (Å²) in [4.78, 5) is 23.1. The van der Waals surface area contributed by atoms with E-state index < -0.39 is 21.2 Å². The topological polar surface area (TPSA) is 106 Å². The summed E-state index contributed by atoms with van der Waals surface area (Å²) in [6.07, 6.45) is 11.0. The maximum atomic E-state index is 12.9. The summed E-state index contributed by atoms with van der Waals surface area (Å²) in [5.74, 6) is 6.39. The lowest BCUT2D eigenvalue weighted by atomic mass is 9.92. The van der Waals surface area contributed by atoms with Crippen molar-refractivity contribution in [3.63, 3.8) is 0 Å². The Hall–Kier alpha value is -4.23. The number of nitro groups is 1. The Balaban J connectivity index is 1.33. The van der Waals surface area contributed by atoms with Gasteiger partial charge in [0.15, 0.2) is 6.29 Å². The zero-order valence-electron chi connectivity index (χ0n) is 23.8. The molecule has 43 heavy (non-hydrogen) atoms. The van der Waals surface area contributed by atoms with Crippen LogP contribution in [-0.4, -0.2) is 38.3 Å². The van der Waals surface area contributed by atoms with Gasteiger partial charge >= 0.3 is 0 Å². The van der Waals surface area contributed by atoms with Gasteiger partial charge in [-0.25, -0.2) is 4.21 Å². The first kappa shape index (κ1) is 30.2. The van der Waals surface area contributed by atoms with Crippen LogP contribution in [0.4, 0.5) is 5.69 Å². The second kappa shape index (κ2) is 13.4. The molecule has 2 aliphatic rings. The van der Waals surface area contributed by atoms with Gasteiger partial charge in [-0.3, -0.25) is 14.9 Å². The number of carbonyl (C=O) groups excluding carboxylic acids is 1. The van der Waals surface area contributed by atoms with Crippen molar-refractivity contribution < 1.29 is 13.9 Å². The SMILES string of the molecule is CNC1CCC(S(=O)Nc2ccc(C#Cc3cccc(-c4c(C5=CC=C(Cl)CC5)cn(C)c4C=O)c3)cc2)C=C1[N+](=O)[O-]. The molecule has 0 saturated carbocycles. The first-order valence-corrected chi connectivity index (χ1v) is 15.5. The summed E-state index contributed by atoms with van der Waals surface area (Å²) < 4.78 is 17.7. The number of benzene rings is 2. The van der Waals surface area contributed by atoms with Gasteiger partial charge in [-0.2, -0.15) is 0 Å². The summed E-state index contributed by atoms with van der Waals surface area (Å²) in [7, 11) is 2.04. The molecule has 0 amide bonds. The lowest BCUT2D eigenvalue weighted by molar-refractivity contribution is -0.431. The molecule has 1 aromatic heterocycles. The quantitative estimate of drug-likeness (QED) is 0.136. The molecule has 8 nitrogen and oxygen atoms in total. The normalized spacial score (nSPS) is 18.8. The van der Waals surface area contributed by atoms with Gasteiger partial charge in [0.1, 0.15) is 11.0 Å². The lowest BCUT2D eigenvalue weighted by Gasteiger charge is -2.23. The zero-order valence-corrected chi connectivity index (χ0v) is 25.4. The Morgan fingerprint density at radius 2 is 1.86 bits per heavy atom. The largest absolute Gasteiger partial charge is 0.347 e. The van der Waals surface area contributed by atoms with Gasteiger partial charge < -0.3 is 14.6 Å². The number of nitrogens with zero attached hydrogens (tertiary/aromatic N) is 2. The molecule has 1 heterocycles. The van der Waals surface area contributed by atoms with Crippen molar-refractivity contribution in [2.45, 2.75) is 37.0 Å². The van der Waals surface area contributed by atoms with Crippen LogP contribution in [-0.2, 0) is 18.0 Å². The number of aldehydes is 1. The highest BCUT2D eigenvalue weighted by Gasteiger charge is 2.32. The maximum Gasteiger partial charge on any atom is 0.260 e. The first-order valence-electron chi connectivity index (χ1n) is 13.9. The number of likely N-dealkylation sites (N-methyl/N-ethyl adjacent to an activating group) is 1. The first-order chi connectivity index (χ1) is 20.8. The Labute approximate surface area is 258 Å². The molecule has 0 aliphatic heterocycles. The standard InChI is InChI=1S/C33H31ClN4O4S/c1-35-30-17-16-28(19-31(30)38(40)41)43(42)36-27-14-8-22(9-15-27)6-7-23-4-3-5-25(18-23)33-29(20-37(2)32(33)21-39)24-10-12-26(34)13-11-24/h3-5,8-10,12,14-15,18-21,28,30,35-36H,11,13,16-17H2,1-2H3. The molecule has 2 aromatic carbocycles. The summed E-state index contributed by atoms with van der Waals surface area (Å²) >= 11 is 6.18. The molecule has 3 atom stereocenters. The van der Waals surface area contributed by atoms with Crippen molar-refractivity contribution in [1.29, 1.82) is 0 Å². The van der Waals surface area contributed by atoms with E-state index >= 15 is 0 Å². The fourth-order valence-electron chi connectivity index (χ4n) is 5.40. The van der Waals surface area contributed by atoms with E-state index in [-0.39, 0.29) is 11.7 Å². The molecule has 3 unspecified atom stereocenters. The third-order valence-electron chi connectivity index (χ3n) is 7.68. The van der Waals surface area contributed by atoms with E-state index in [1.54, 1.807) is 19.2 Å². The predicted molar refractivity (Wildman–Crippen MR) is 173 cm³/mol. The van der Waals surface area contributed by atoms with E-state index in [0.29, 0.717) is 24.2 Å². The monoisotopic (exact) mass is 614 g/mol. The number of carbonyl (C=O) groups is 1. The molecule has 220 valence electrons. The average molecular weight is 615 g/mol. The molecular formula is C33H31ClN4O4S. The van der Waals surface area contributed by atoms with Crippen LogP contribution < -0.4 is 10.0 Å². The molecule has 0 bridgehead atoms. The van der Waals surface area contributed by atoms with Crippen LogP contribution in [0.1, 0.15) is 52.9 Å². The molecular weight excluding hydrogens is 584 g/mol. The van der Waals surface area contributed by atoms with Crippen molar-refractivity contribution in [3.8, 4) is 23.0 Å². The van der Waals surface area contributed by atoms with Crippen molar-refractivity contribution in [2.24, 2.45) is 7.05 Å². The summed E-state index contributed by atoms with van der Waals surface area (Å²) in [6, 6.07) is 14.7. The number of aryl methyl sites for hydroxylation is 1. The van der Waals surface area contributed by atoms with E-state index in [9.17, 15) is 19.1 Å². The predicted octanol–water partition coefficient (Wildman–Crippen LogP) is 6.19. The van der Waals surface area contributed by atoms with Gasteiger partial charge in [-0.15, -0.1) is 0 Å². The van der Waals surface area contributed by atoms with Crippen LogP contribution in [0, 0.1) is 22.0 Å².